The lowest BCUT2D eigenvalue weighted by Gasteiger charge is -2.16. The van der Waals surface area contributed by atoms with E-state index in [4.69, 9.17) is 9.05 Å². The van der Waals surface area contributed by atoms with E-state index in [2.05, 4.69) is 46.2 Å². The van der Waals surface area contributed by atoms with Gasteiger partial charge in [-0.3, -0.25) is 14.5 Å². The van der Waals surface area contributed by atoms with Crippen LogP contribution in [0.3, 0.4) is 0 Å². The summed E-state index contributed by atoms with van der Waals surface area (Å²) in [6.07, 6.45) is 10.8. The molecular weight excluding hydrogens is 709 g/mol. The highest BCUT2D eigenvalue weighted by Crippen LogP contribution is 2.27. The minimum Gasteiger partial charge on any atom is -0.364 e. The number of nitrogens with zero attached hydrogens (tertiary/aromatic N) is 7. The molecule has 0 fully saturated rings. The minimum atomic E-state index is -0.315. The zero-order valence-corrected chi connectivity index (χ0v) is 30.2. The molecule has 14 nitrogen and oxygen atoms in total. The summed E-state index contributed by atoms with van der Waals surface area (Å²) in [6.45, 7) is 1.71. The van der Waals surface area contributed by atoms with Crippen LogP contribution in [0.5, 0.6) is 0 Å². The van der Waals surface area contributed by atoms with Crippen LogP contribution in [-0.4, -0.2) is 49.1 Å². The van der Waals surface area contributed by atoms with Gasteiger partial charge in [-0.05, 0) is 102 Å². The monoisotopic (exact) mass is 742 g/mol. The molecule has 14 heteroatoms. The van der Waals surface area contributed by atoms with E-state index in [-0.39, 0.29) is 11.8 Å². The SMILES string of the molecule is CN(C(=O)c1cnoc1)c1cc(-c2ccnc(Nc3ccccc3)c2)ccn1.Cc1nocc1C(=O)Nc1cc(-c2ccnc(Nc3ccccc3)c2)ccn1. The van der Waals surface area contributed by atoms with Crippen molar-refractivity contribution in [2.24, 2.45) is 0 Å². The van der Waals surface area contributed by atoms with Gasteiger partial charge in [0.15, 0.2) is 0 Å². The number of hydrogen-bond acceptors (Lipinski definition) is 12. The maximum Gasteiger partial charge on any atom is 0.264 e. The van der Waals surface area contributed by atoms with Crippen molar-refractivity contribution >= 4 is 46.5 Å². The van der Waals surface area contributed by atoms with Crippen molar-refractivity contribution in [3.05, 3.63) is 170 Å². The molecule has 0 aliphatic carbocycles. The molecule has 0 saturated heterocycles. The summed E-state index contributed by atoms with van der Waals surface area (Å²) in [4.78, 5) is 43.5. The maximum atomic E-state index is 12.5. The Labute approximate surface area is 321 Å². The average Bonchev–Trinajstić information content (AvgIpc) is 3.94. The molecule has 0 unspecified atom stereocenters. The number of carbonyl (C=O) groups is 2. The first-order chi connectivity index (χ1) is 27.4. The van der Waals surface area contributed by atoms with Gasteiger partial charge >= 0.3 is 0 Å². The number of amides is 2. The quantitative estimate of drug-likeness (QED) is 0.122. The van der Waals surface area contributed by atoms with Crippen LogP contribution in [0.2, 0.25) is 0 Å². The Bertz CT molecular complexity index is 2540. The predicted molar refractivity (Wildman–Crippen MR) is 213 cm³/mol. The number of carbonyl (C=O) groups excluding carboxylic acids is 2. The molecule has 0 bridgehead atoms. The van der Waals surface area contributed by atoms with Crippen LogP contribution in [0.1, 0.15) is 26.4 Å². The summed E-state index contributed by atoms with van der Waals surface area (Å²) in [5.41, 5.74) is 6.94. The molecule has 276 valence electrons. The Morgan fingerprint density at radius 2 is 1.12 bits per heavy atom. The molecule has 8 rings (SSSR count). The number of nitrogens with one attached hydrogen (secondary N) is 3. The van der Waals surface area contributed by atoms with Gasteiger partial charge in [0.25, 0.3) is 11.8 Å². The van der Waals surface area contributed by atoms with Crippen molar-refractivity contribution in [2.75, 3.05) is 27.9 Å². The fraction of sp³-hybridized carbons (Fsp3) is 0.0476. The molecule has 0 saturated carbocycles. The second-order valence-corrected chi connectivity index (χ2v) is 12.2. The van der Waals surface area contributed by atoms with E-state index in [1.165, 1.54) is 23.6 Å². The molecule has 56 heavy (non-hydrogen) atoms. The molecule has 8 aromatic rings. The van der Waals surface area contributed by atoms with E-state index in [9.17, 15) is 9.59 Å². The van der Waals surface area contributed by atoms with Crippen molar-refractivity contribution in [3.8, 4) is 22.3 Å². The maximum absolute atomic E-state index is 12.5. The predicted octanol–water partition coefficient (Wildman–Crippen LogP) is 8.59. The van der Waals surface area contributed by atoms with Gasteiger partial charge in [-0.15, -0.1) is 0 Å². The van der Waals surface area contributed by atoms with Crippen LogP contribution in [0, 0.1) is 6.92 Å². The summed E-state index contributed by atoms with van der Waals surface area (Å²) >= 11 is 0. The highest BCUT2D eigenvalue weighted by molar-refractivity contribution is 6.05. The van der Waals surface area contributed by atoms with E-state index in [1.54, 1.807) is 38.8 Å². The molecule has 6 aromatic heterocycles. The van der Waals surface area contributed by atoms with Crippen LogP contribution in [0.15, 0.2) is 162 Å². The van der Waals surface area contributed by atoms with E-state index in [0.29, 0.717) is 28.5 Å². The summed E-state index contributed by atoms with van der Waals surface area (Å²) in [6, 6.07) is 34.8. The Kier molecular flexibility index (Phi) is 11.2. The number of aryl methyl sites for hydroxylation is 1. The number of pyridine rings is 4. The Morgan fingerprint density at radius 3 is 1.64 bits per heavy atom. The molecular formula is C42H34N10O4. The van der Waals surface area contributed by atoms with Crippen molar-refractivity contribution in [3.63, 3.8) is 0 Å². The zero-order valence-electron chi connectivity index (χ0n) is 30.2. The second kappa shape index (κ2) is 17.2. The Hall–Kier alpha value is -8.00. The normalized spacial score (nSPS) is 10.5. The lowest BCUT2D eigenvalue weighted by atomic mass is 10.1. The van der Waals surface area contributed by atoms with Crippen LogP contribution in [-0.2, 0) is 0 Å². The number of benzene rings is 2. The van der Waals surface area contributed by atoms with Gasteiger partial charge in [0, 0.05) is 43.2 Å². The molecule has 2 aromatic carbocycles. The van der Waals surface area contributed by atoms with Gasteiger partial charge in [0.2, 0.25) is 0 Å². The van der Waals surface area contributed by atoms with Crippen molar-refractivity contribution in [2.45, 2.75) is 6.92 Å². The Morgan fingerprint density at radius 1 is 0.607 bits per heavy atom. The highest BCUT2D eigenvalue weighted by Gasteiger charge is 2.17. The van der Waals surface area contributed by atoms with Crippen molar-refractivity contribution < 1.29 is 18.6 Å². The molecule has 3 N–H and O–H groups in total. The van der Waals surface area contributed by atoms with E-state index >= 15 is 0 Å². The van der Waals surface area contributed by atoms with E-state index in [0.717, 1.165) is 45.3 Å². The van der Waals surface area contributed by atoms with Gasteiger partial charge < -0.3 is 25.0 Å². The summed E-state index contributed by atoms with van der Waals surface area (Å²) in [7, 11) is 1.66. The molecule has 0 spiro atoms. The number of anilines is 6. The first-order valence-corrected chi connectivity index (χ1v) is 17.3. The average molecular weight is 743 g/mol. The fourth-order valence-electron chi connectivity index (χ4n) is 5.46. The number of hydrogen-bond donors (Lipinski definition) is 3. The third-order valence-electron chi connectivity index (χ3n) is 8.35. The van der Waals surface area contributed by atoms with Crippen molar-refractivity contribution in [1.82, 2.24) is 30.2 Å². The van der Waals surface area contributed by atoms with Gasteiger partial charge in [-0.1, -0.05) is 46.7 Å². The summed E-state index contributed by atoms with van der Waals surface area (Å²) < 4.78 is 9.56. The second-order valence-electron chi connectivity index (χ2n) is 12.2. The van der Waals surface area contributed by atoms with Crippen LogP contribution < -0.4 is 20.9 Å². The number of para-hydroxylation sites is 2. The van der Waals surface area contributed by atoms with Gasteiger partial charge in [-0.2, -0.15) is 0 Å². The topological polar surface area (TPSA) is 177 Å². The largest absolute Gasteiger partial charge is 0.364 e. The van der Waals surface area contributed by atoms with Gasteiger partial charge in [-0.25, -0.2) is 19.9 Å². The first-order valence-electron chi connectivity index (χ1n) is 17.3. The smallest absolute Gasteiger partial charge is 0.264 e. The van der Waals surface area contributed by atoms with Crippen LogP contribution >= 0.6 is 0 Å². The molecule has 2 amide bonds. The van der Waals surface area contributed by atoms with Crippen molar-refractivity contribution in [1.29, 1.82) is 0 Å². The molecule has 0 aliphatic heterocycles. The molecule has 0 atom stereocenters. The highest BCUT2D eigenvalue weighted by atomic mass is 16.5. The molecule has 0 aliphatic rings. The third kappa shape index (κ3) is 9.13. The lowest BCUT2D eigenvalue weighted by Crippen LogP contribution is -2.26. The van der Waals surface area contributed by atoms with Gasteiger partial charge in [0.05, 0.1) is 17.5 Å². The van der Waals surface area contributed by atoms with E-state index < -0.39 is 0 Å². The fourth-order valence-corrected chi connectivity index (χ4v) is 5.46. The standard InChI is InChI=1S/2C21H17N5O2/c1-26(21(27)17-13-24-28-14-17)20-12-16(8-10-23-20)15-7-9-22-19(11-15)25-18-5-3-2-4-6-18;1-14-18(13-28-26-14)21(27)25-20-12-16(8-10-23-20)15-7-9-22-19(11-15)24-17-5-3-2-4-6-17/h2-14H,1H3,(H,22,25);2-13H,1H3,(H,22,24)(H,23,25,27). The van der Waals surface area contributed by atoms with Crippen LogP contribution in [0.4, 0.5) is 34.6 Å². The molecule has 0 radical (unpaired) electrons. The minimum absolute atomic E-state index is 0.243. The first kappa shape index (κ1) is 36.4. The number of aromatic nitrogens is 6. The van der Waals surface area contributed by atoms with E-state index in [1.807, 2.05) is 109 Å². The Balaban J connectivity index is 0.000000172. The summed E-state index contributed by atoms with van der Waals surface area (Å²) in [5, 5.41) is 16.6. The summed E-state index contributed by atoms with van der Waals surface area (Å²) in [5.74, 6) is 1.87. The number of rotatable bonds is 10. The van der Waals surface area contributed by atoms with Gasteiger partial charge in [0.1, 0.15) is 41.4 Å². The van der Waals surface area contributed by atoms with Crippen LogP contribution in [0.25, 0.3) is 22.3 Å². The zero-order chi connectivity index (χ0) is 38.7. The lowest BCUT2D eigenvalue weighted by molar-refractivity contribution is 0.0989. The molecule has 6 heterocycles. The third-order valence-corrected chi connectivity index (χ3v) is 8.35.